The first-order chi connectivity index (χ1) is 21.1. The van der Waals surface area contributed by atoms with E-state index in [4.69, 9.17) is 17.4 Å². The summed E-state index contributed by atoms with van der Waals surface area (Å²) in [6, 6.07) is 8.61. The number of hydrogen-bond donors (Lipinski definition) is 0. The molecule has 0 fully saturated rings. The number of nitrogens with zero attached hydrogens (tertiary/aromatic N) is 2. The van der Waals surface area contributed by atoms with Gasteiger partial charge in [0.15, 0.2) is 0 Å². The van der Waals surface area contributed by atoms with E-state index in [0.29, 0.717) is 0 Å². The summed E-state index contributed by atoms with van der Waals surface area (Å²) in [7, 11) is 0. The van der Waals surface area contributed by atoms with Crippen LogP contribution in [0.15, 0.2) is 31.8 Å². The molecule has 0 atom stereocenters. The van der Waals surface area contributed by atoms with Crippen molar-refractivity contribution in [1.82, 2.24) is 7.96 Å². The van der Waals surface area contributed by atoms with Crippen LogP contribution in [0.2, 0.25) is 0 Å². The summed E-state index contributed by atoms with van der Waals surface area (Å²) in [5.41, 5.74) is 4.20. The van der Waals surface area contributed by atoms with Gasteiger partial charge in [0, 0.05) is 0 Å². The van der Waals surface area contributed by atoms with Crippen molar-refractivity contribution in [2.75, 3.05) is 13.2 Å². The average Bonchev–Trinajstić information content (AvgIpc) is 3.73. The van der Waals surface area contributed by atoms with Crippen LogP contribution in [0.3, 0.4) is 0 Å². The first-order valence-corrected chi connectivity index (χ1v) is 21.0. The van der Waals surface area contributed by atoms with E-state index in [9.17, 15) is 0 Å². The van der Waals surface area contributed by atoms with Crippen molar-refractivity contribution < 1.29 is 9.47 Å². The molecule has 3 aromatic heterocycles. The van der Waals surface area contributed by atoms with Gasteiger partial charge in [0.05, 0.1) is 0 Å². The van der Waals surface area contributed by atoms with Crippen LogP contribution in [0, 0.1) is 0 Å². The number of ether oxygens (including phenoxy) is 2. The topological polar surface area (TPSA) is 44.2 Å². The number of hydrogen-bond acceptors (Lipinski definition) is 6. The van der Waals surface area contributed by atoms with Crippen LogP contribution in [0.4, 0.5) is 0 Å². The molecule has 4 nitrogen and oxygen atoms in total. The second-order valence-corrected chi connectivity index (χ2v) is 17.2. The van der Waals surface area contributed by atoms with Crippen molar-refractivity contribution in [1.29, 1.82) is 0 Å². The number of thiophene rings is 2. The molecule has 236 valence electrons. The van der Waals surface area contributed by atoms with Gasteiger partial charge in [0.2, 0.25) is 0 Å². The van der Waals surface area contributed by atoms with E-state index in [1.54, 1.807) is 22.7 Å². The fraction of sp³-hybridized carbons (Fsp3) is 0.588. The summed E-state index contributed by atoms with van der Waals surface area (Å²) >= 11 is 10.7. The number of rotatable bonds is 22. The second kappa shape index (κ2) is 19.7. The fourth-order valence-corrected chi connectivity index (χ4v) is 9.65. The summed E-state index contributed by atoms with van der Waals surface area (Å²) in [6.07, 6.45) is 20.7. The molecule has 0 saturated carbocycles. The maximum atomic E-state index is 6.34. The Kier molecular flexibility index (Phi) is 16.1. The van der Waals surface area contributed by atoms with E-state index in [1.165, 1.54) is 89.9 Å². The third-order valence-electron chi connectivity index (χ3n) is 7.75. The van der Waals surface area contributed by atoms with E-state index >= 15 is 0 Å². The van der Waals surface area contributed by atoms with Crippen LogP contribution in [0.5, 0.6) is 11.5 Å². The number of benzene rings is 1. The molecule has 9 heteroatoms. The van der Waals surface area contributed by atoms with Gasteiger partial charge in [-0.3, -0.25) is 0 Å². The Morgan fingerprint density at radius 1 is 0.581 bits per heavy atom. The standard InChI is InChI=1S/C34H46Br2N2O2S2Se/c1-3-5-7-9-11-13-15-17-21-39-27-23-29(35)41-33(27)25-19-20-26(32-31(25)37-43-38-32)34-28(24-30(36)42-34)40-22-18-16-14-12-10-8-6-4-2/h19-20,23-24H,3-18,21-22H2,1-2H3. The first kappa shape index (κ1) is 35.2. The Morgan fingerprint density at radius 2 is 0.953 bits per heavy atom. The fourth-order valence-electron chi connectivity index (χ4n) is 5.35. The Labute approximate surface area is 289 Å². The molecule has 0 unspecified atom stereocenters. The third kappa shape index (κ3) is 11.0. The SMILES string of the molecule is CCCCCCCCCCOc1cc(Br)sc1-c1ccc(-c2sc(Br)cc2OCCCCCCCCCC)c2n[se]nc12. The van der Waals surface area contributed by atoms with E-state index in [1.807, 2.05) is 0 Å². The van der Waals surface area contributed by atoms with Gasteiger partial charge in [-0.1, -0.05) is 52.4 Å². The maximum absolute atomic E-state index is 6.34. The number of unbranched alkanes of at least 4 members (excludes halogenated alkanes) is 14. The molecule has 0 aliphatic rings. The predicted octanol–water partition coefficient (Wildman–Crippen LogP) is 12.7. The summed E-state index contributed by atoms with van der Waals surface area (Å²) < 4.78 is 24.6. The third-order valence-corrected chi connectivity index (χ3v) is 12.2. The van der Waals surface area contributed by atoms with E-state index in [-0.39, 0.29) is 15.0 Å². The molecule has 0 amide bonds. The molecule has 0 bridgehead atoms. The van der Waals surface area contributed by atoms with Crippen molar-refractivity contribution >= 4 is 80.5 Å². The first-order valence-electron chi connectivity index (χ1n) is 16.2. The van der Waals surface area contributed by atoms with Gasteiger partial charge < -0.3 is 0 Å². The normalized spacial score (nSPS) is 11.5. The molecule has 0 spiro atoms. The minimum absolute atomic E-state index is 0.146. The quantitative estimate of drug-likeness (QED) is 0.0585. The summed E-state index contributed by atoms with van der Waals surface area (Å²) in [6.45, 7) is 6.04. The van der Waals surface area contributed by atoms with Crippen LogP contribution in [-0.4, -0.2) is 36.1 Å². The summed E-state index contributed by atoms with van der Waals surface area (Å²) in [5.74, 6) is 1.88. The zero-order valence-corrected chi connectivity index (χ0v) is 32.2. The van der Waals surface area contributed by atoms with Crippen LogP contribution in [-0.2, 0) is 0 Å². The Balaban J connectivity index is 1.38. The molecule has 3 heterocycles. The number of halogens is 2. The van der Waals surface area contributed by atoms with Crippen molar-refractivity contribution in [3.05, 3.63) is 31.8 Å². The number of fused-ring (bicyclic) bond motifs is 1. The minimum atomic E-state index is -0.146. The monoisotopic (exact) mass is 816 g/mol. The van der Waals surface area contributed by atoms with E-state index < -0.39 is 0 Å². The van der Waals surface area contributed by atoms with Gasteiger partial charge in [-0.15, -0.1) is 0 Å². The van der Waals surface area contributed by atoms with Gasteiger partial charge in [0.1, 0.15) is 0 Å². The Hall–Kier alpha value is -0.701. The molecule has 1 aromatic carbocycles. The summed E-state index contributed by atoms with van der Waals surface area (Å²) in [5, 5.41) is 0. The Bertz CT molecular complexity index is 1270. The van der Waals surface area contributed by atoms with Gasteiger partial charge in [-0.25, -0.2) is 0 Å². The van der Waals surface area contributed by atoms with Gasteiger partial charge in [-0.05, 0) is 0 Å². The van der Waals surface area contributed by atoms with Crippen LogP contribution < -0.4 is 9.47 Å². The number of aromatic nitrogens is 2. The second-order valence-electron chi connectivity index (χ2n) is 11.3. The molecule has 4 rings (SSSR count). The van der Waals surface area contributed by atoms with Gasteiger partial charge >= 0.3 is 240 Å². The molecule has 4 aromatic rings. The average molecular weight is 818 g/mol. The van der Waals surface area contributed by atoms with Crippen molar-refractivity contribution in [3.63, 3.8) is 0 Å². The predicted molar refractivity (Wildman–Crippen MR) is 195 cm³/mol. The summed E-state index contributed by atoms with van der Waals surface area (Å²) in [4.78, 5) is 2.26. The molecule has 0 aliphatic carbocycles. The van der Waals surface area contributed by atoms with E-state index in [2.05, 4.69) is 70.0 Å². The van der Waals surface area contributed by atoms with Crippen molar-refractivity contribution in [2.45, 2.75) is 117 Å². The molecule has 0 radical (unpaired) electrons. The molecular weight excluding hydrogens is 771 g/mol. The van der Waals surface area contributed by atoms with Gasteiger partial charge in [0.25, 0.3) is 0 Å². The molecule has 0 aliphatic heterocycles. The zero-order valence-electron chi connectivity index (χ0n) is 25.7. The van der Waals surface area contributed by atoms with Gasteiger partial charge in [-0.2, -0.15) is 0 Å². The van der Waals surface area contributed by atoms with Crippen molar-refractivity contribution in [2.24, 2.45) is 0 Å². The van der Waals surface area contributed by atoms with Crippen LogP contribution >= 0.6 is 54.5 Å². The van der Waals surface area contributed by atoms with Crippen molar-refractivity contribution in [3.8, 4) is 32.4 Å². The van der Waals surface area contributed by atoms with E-state index in [0.717, 1.165) is 77.0 Å². The molecule has 0 N–H and O–H groups in total. The van der Waals surface area contributed by atoms with Crippen LogP contribution in [0.1, 0.15) is 117 Å². The van der Waals surface area contributed by atoms with Crippen LogP contribution in [0.25, 0.3) is 31.9 Å². The Morgan fingerprint density at radius 3 is 1.35 bits per heavy atom. The molecular formula is C34H46Br2N2O2S2Se. The molecule has 0 saturated heterocycles. The zero-order chi connectivity index (χ0) is 30.3. The molecule has 43 heavy (non-hydrogen) atoms.